The molecule has 1 aromatic rings. The van der Waals surface area contributed by atoms with Crippen LogP contribution in [-0.2, 0) is 28.8 Å². The lowest BCUT2D eigenvalue weighted by Crippen LogP contribution is -2.37. The number of hydrogen-bond donors (Lipinski definition) is 2. The number of carboxylic acids is 1. The number of unbranched alkanes of at least 4 members (excludes halogenated alkanes) is 1. The molecule has 2 rings (SSSR count). The molecule has 0 unspecified atom stereocenters. The SMILES string of the molecule is N[C@@H](CCN(CCCCc1ccc2c(n1)CCCC2)CCOCC(F)F)C(=O)O. The maximum atomic E-state index is 12.2. The molecule has 164 valence electrons. The largest absolute Gasteiger partial charge is 0.480 e. The smallest absolute Gasteiger partial charge is 0.320 e. The molecule has 1 aliphatic carbocycles. The van der Waals surface area contributed by atoms with Crippen molar-refractivity contribution in [3.8, 4) is 0 Å². The van der Waals surface area contributed by atoms with Gasteiger partial charge in [0.15, 0.2) is 0 Å². The van der Waals surface area contributed by atoms with Gasteiger partial charge in [0.1, 0.15) is 12.6 Å². The van der Waals surface area contributed by atoms with Crippen molar-refractivity contribution in [2.24, 2.45) is 5.73 Å². The lowest BCUT2D eigenvalue weighted by Gasteiger charge is -2.23. The van der Waals surface area contributed by atoms with E-state index in [2.05, 4.69) is 12.1 Å². The number of nitrogens with zero attached hydrogens (tertiary/aromatic N) is 2. The number of carboxylic acid groups (broad SMARTS) is 1. The van der Waals surface area contributed by atoms with Gasteiger partial charge in [-0.05, 0) is 69.5 Å². The van der Waals surface area contributed by atoms with Gasteiger partial charge < -0.3 is 20.5 Å². The monoisotopic (exact) mass is 413 g/mol. The summed E-state index contributed by atoms with van der Waals surface area (Å²) in [6, 6.07) is 3.40. The summed E-state index contributed by atoms with van der Waals surface area (Å²) in [5, 5.41) is 8.94. The van der Waals surface area contributed by atoms with Crippen LogP contribution in [0.1, 0.15) is 49.1 Å². The van der Waals surface area contributed by atoms with E-state index in [1.807, 2.05) is 4.90 Å². The Morgan fingerprint density at radius 2 is 2.00 bits per heavy atom. The maximum Gasteiger partial charge on any atom is 0.320 e. The average Bonchev–Trinajstić information content (AvgIpc) is 2.71. The third-order valence-corrected chi connectivity index (χ3v) is 5.26. The molecule has 1 aliphatic rings. The molecule has 0 spiro atoms. The van der Waals surface area contributed by atoms with Crippen LogP contribution < -0.4 is 5.73 Å². The number of nitrogens with two attached hydrogens (primary N) is 1. The highest BCUT2D eigenvalue weighted by Crippen LogP contribution is 2.20. The zero-order valence-corrected chi connectivity index (χ0v) is 17.0. The molecule has 0 saturated heterocycles. The van der Waals surface area contributed by atoms with E-state index in [0.29, 0.717) is 19.5 Å². The molecule has 0 fully saturated rings. The van der Waals surface area contributed by atoms with Gasteiger partial charge in [0.05, 0.1) is 6.61 Å². The van der Waals surface area contributed by atoms with Crippen LogP contribution in [0.2, 0.25) is 0 Å². The van der Waals surface area contributed by atoms with Crippen LogP contribution in [0.5, 0.6) is 0 Å². The molecule has 0 amide bonds. The third-order valence-electron chi connectivity index (χ3n) is 5.26. The van der Waals surface area contributed by atoms with Crippen LogP contribution in [-0.4, -0.2) is 66.3 Å². The van der Waals surface area contributed by atoms with Gasteiger partial charge in [-0.25, -0.2) is 8.78 Å². The van der Waals surface area contributed by atoms with Gasteiger partial charge in [0.25, 0.3) is 6.43 Å². The average molecular weight is 414 g/mol. The summed E-state index contributed by atoms with van der Waals surface area (Å²) in [7, 11) is 0. The van der Waals surface area contributed by atoms with Crippen molar-refractivity contribution in [1.29, 1.82) is 0 Å². The molecule has 1 atom stereocenters. The first-order valence-corrected chi connectivity index (χ1v) is 10.5. The lowest BCUT2D eigenvalue weighted by atomic mass is 9.95. The Morgan fingerprint density at radius 1 is 1.21 bits per heavy atom. The van der Waals surface area contributed by atoms with Gasteiger partial charge in [-0.3, -0.25) is 9.78 Å². The molecule has 3 N–H and O–H groups in total. The molecular formula is C21H33F2N3O3. The Bertz CT molecular complexity index is 631. The van der Waals surface area contributed by atoms with E-state index in [9.17, 15) is 13.6 Å². The van der Waals surface area contributed by atoms with E-state index < -0.39 is 25.0 Å². The summed E-state index contributed by atoms with van der Waals surface area (Å²) in [4.78, 5) is 17.7. The molecule has 1 aromatic heterocycles. The summed E-state index contributed by atoms with van der Waals surface area (Å²) in [5.41, 5.74) is 9.32. The second-order valence-corrected chi connectivity index (χ2v) is 7.61. The highest BCUT2D eigenvalue weighted by atomic mass is 19.3. The van der Waals surface area contributed by atoms with Crippen molar-refractivity contribution in [2.75, 3.05) is 32.8 Å². The predicted molar refractivity (Wildman–Crippen MR) is 107 cm³/mol. The lowest BCUT2D eigenvalue weighted by molar-refractivity contribution is -0.138. The van der Waals surface area contributed by atoms with Gasteiger partial charge in [-0.1, -0.05) is 6.07 Å². The molecule has 0 radical (unpaired) electrons. The Hall–Kier alpha value is -1.64. The van der Waals surface area contributed by atoms with E-state index in [0.717, 1.165) is 44.3 Å². The van der Waals surface area contributed by atoms with Crippen molar-refractivity contribution in [2.45, 2.75) is 63.8 Å². The fraction of sp³-hybridized carbons (Fsp3) is 0.714. The number of fused-ring (bicyclic) bond motifs is 1. The van der Waals surface area contributed by atoms with E-state index in [1.165, 1.54) is 24.1 Å². The van der Waals surface area contributed by atoms with Gasteiger partial charge in [-0.15, -0.1) is 0 Å². The number of halogens is 2. The van der Waals surface area contributed by atoms with Crippen LogP contribution in [0.25, 0.3) is 0 Å². The fourth-order valence-corrected chi connectivity index (χ4v) is 3.55. The standard InChI is InChI=1S/C21H33F2N3O3/c22-20(23)15-29-14-13-26(12-10-18(24)21(27)28)11-4-3-6-17-9-8-16-5-1-2-7-19(16)25-17/h8-9,18,20H,1-7,10-15,24H2,(H,27,28)/t18-/m0/s1. The van der Waals surface area contributed by atoms with Crippen molar-refractivity contribution >= 4 is 5.97 Å². The van der Waals surface area contributed by atoms with E-state index >= 15 is 0 Å². The minimum absolute atomic E-state index is 0.193. The number of alkyl halides is 2. The molecule has 0 aromatic carbocycles. The Balaban J connectivity index is 1.74. The molecule has 8 heteroatoms. The first-order chi connectivity index (χ1) is 14.0. The van der Waals surface area contributed by atoms with Crippen molar-refractivity contribution in [3.63, 3.8) is 0 Å². The molecule has 1 heterocycles. The fourth-order valence-electron chi connectivity index (χ4n) is 3.55. The number of carbonyl (C=O) groups is 1. The molecular weight excluding hydrogens is 380 g/mol. The van der Waals surface area contributed by atoms with Gasteiger partial charge in [-0.2, -0.15) is 0 Å². The van der Waals surface area contributed by atoms with Crippen LogP contribution in [0.3, 0.4) is 0 Å². The first kappa shape index (κ1) is 23.6. The molecule has 0 saturated carbocycles. The third kappa shape index (κ3) is 9.14. The van der Waals surface area contributed by atoms with Gasteiger partial charge in [0.2, 0.25) is 0 Å². The summed E-state index contributed by atoms with van der Waals surface area (Å²) >= 11 is 0. The number of hydrogen-bond acceptors (Lipinski definition) is 5. The first-order valence-electron chi connectivity index (χ1n) is 10.5. The van der Waals surface area contributed by atoms with Gasteiger partial charge >= 0.3 is 5.97 Å². The van der Waals surface area contributed by atoms with E-state index in [1.54, 1.807) is 0 Å². The van der Waals surface area contributed by atoms with Gasteiger partial charge in [0, 0.05) is 24.5 Å². The number of ether oxygens (including phenoxy) is 1. The quantitative estimate of drug-likeness (QED) is 0.456. The Morgan fingerprint density at radius 3 is 2.76 bits per heavy atom. The highest BCUT2D eigenvalue weighted by molar-refractivity contribution is 5.72. The molecule has 29 heavy (non-hydrogen) atoms. The van der Waals surface area contributed by atoms with Crippen molar-refractivity contribution in [3.05, 3.63) is 29.1 Å². The van der Waals surface area contributed by atoms with E-state index in [-0.39, 0.29) is 6.61 Å². The minimum Gasteiger partial charge on any atom is -0.480 e. The summed E-state index contributed by atoms with van der Waals surface area (Å²) in [6.45, 7) is 1.35. The predicted octanol–water partition coefficient (Wildman–Crippen LogP) is 2.67. The maximum absolute atomic E-state index is 12.2. The van der Waals surface area contributed by atoms with Crippen LogP contribution in [0.4, 0.5) is 8.78 Å². The molecule has 0 bridgehead atoms. The summed E-state index contributed by atoms with van der Waals surface area (Å²) in [5.74, 6) is -1.03. The number of pyridine rings is 1. The second kappa shape index (κ2) is 12.8. The zero-order valence-electron chi connectivity index (χ0n) is 17.0. The normalized spacial score (nSPS) is 14.9. The number of aromatic nitrogens is 1. The van der Waals surface area contributed by atoms with Crippen molar-refractivity contribution in [1.82, 2.24) is 9.88 Å². The van der Waals surface area contributed by atoms with E-state index in [4.69, 9.17) is 20.6 Å². The minimum atomic E-state index is -2.48. The topological polar surface area (TPSA) is 88.7 Å². The van der Waals surface area contributed by atoms with Crippen LogP contribution in [0, 0.1) is 0 Å². The highest BCUT2D eigenvalue weighted by Gasteiger charge is 2.15. The van der Waals surface area contributed by atoms with Crippen LogP contribution in [0.15, 0.2) is 12.1 Å². The van der Waals surface area contributed by atoms with Crippen LogP contribution >= 0.6 is 0 Å². The van der Waals surface area contributed by atoms with Crippen molar-refractivity contribution < 1.29 is 23.4 Å². The summed E-state index contributed by atoms with van der Waals surface area (Å²) < 4.78 is 29.3. The molecule has 0 aliphatic heterocycles. The molecule has 6 nitrogen and oxygen atoms in total. The number of rotatable bonds is 14. The number of aliphatic carboxylic acids is 1. The Kier molecular flexibility index (Phi) is 10.5. The number of aryl methyl sites for hydroxylation is 3. The zero-order chi connectivity index (χ0) is 21.1. The summed E-state index contributed by atoms with van der Waals surface area (Å²) in [6.07, 6.45) is 5.27. The second-order valence-electron chi connectivity index (χ2n) is 7.61. The Labute approximate surface area is 171 Å².